The number of para-hydroxylation sites is 1. The first-order valence-electron chi connectivity index (χ1n) is 8.47. The average molecular weight is 447 g/mol. The van der Waals surface area contributed by atoms with Crippen LogP contribution in [0, 0.1) is 0 Å². The van der Waals surface area contributed by atoms with Gasteiger partial charge in [-0.05, 0) is 42.5 Å². The summed E-state index contributed by atoms with van der Waals surface area (Å²) in [5, 5.41) is 11.0. The van der Waals surface area contributed by atoms with Crippen LogP contribution in [-0.4, -0.2) is 28.5 Å². The van der Waals surface area contributed by atoms with E-state index in [2.05, 4.69) is 0 Å². The van der Waals surface area contributed by atoms with Gasteiger partial charge in [-0.2, -0.15) is 0 Å². The van der Waals surface area contributed by atoms with Gasteiger partial charge in [-0.25, -0.2) is 0 Å². The second-order valence-electron chi connectivity index (χ2n) is 5.97. The number of allylic oxidation sites excluding steroid dienone is 2. The Hall–Kier alpha value is -1.77. The first kappa shape index (κ1) is 19.5. The third-order valence-corrected chi connectivity index (χ3v) is 6.89. The summed E-state index contributed by atoms with van der Waals surface area (Å²) in [5.41, 5.74) is 1.73. The zero-order valence-corrected chi connectivity index (χ0v) is 17.7. The van der Waals surface area contributed by atoms with Gasteiger partial charge in [0.25, 0.3) is 5.91 Å². The average Bonchev–Trinajstić information content (AvgIpc) is 3.17. The summed E-state index contributed by atoms with van der Waals surface area (Å²) in [6.07, 6.45) is 3.69. The number of hydrogen-bond acceptors (Lipinski definition) is 6. The first-order chi connectivity index (χ1) is 13.6. The van der Waals surface area contributed by atoms with Crippen LogP contribution in [0.2, 0.25) is 5.02 Å². The number of carbonyl (C=O) groups excluding carboxylic acids is 1. The summed E-state index contributed by atoms with van der Waals surface area (Å²) in [4.78, 5) is 18.0. The smallest absolute Gasteiger partial charge is 0.270 e. The fourth-order valence-corrected chi connectivity index (χ4v) is 5.43. The van der Waals surface area contributed by atoms with Crippen LogP contribution in [0.4, 0.5) is 11.4 Å². The molecule has 2 aromatic carbocycles. The Morgan fingerprint density at radius 3 is 2.64 bits per heavy atom. The number of amides is 1. The van der Waals surface area contributed by atoms with Crippen molar-refractivity contribution in [3.8, 4) is 0 Å². The van der Waals surface area contributed by atoms with Gasteiger partial charge in [-0.3, -0.25) is 9.69 Å². The largest absolute Gasteiger partial charge is 0.395 e. The van der Waals surface area contributed by atoms with Crippen LogP contribution in [0.25, 0.3) is 0 Å². The van der Waals surface area contributed by atoms with Crippen molar-refractivity contribution in [2.45, 2.75) is 4.90 Å². The van der Waals surface area contributed by atoms with Gasteiger partial charge in [0.2, 0.25) is 0 Å². The Kier molecular flexibility index (Phi) is 5.80. The number of hydrogen-bond donors (Lipinski definition) is 1. The van der Waals surface area contributed by atoms with E-state index >= 15 is 0 Å². The monoisotopic (exact) mass is 446 g/mol. The van der Waals surface area contributed by atoms with E-state index in [1.165, 1.54) is 11.8 Å². The number of aliphatic hydroxyl groups excluding tert-OH is 1. The van der Waals surface area contributed by atoms with E-state index in [9.17, 15) is 9.90 Å². The number of halogens is 1. The van der Waals surface area contributed by atoms with E-state index in [-0.39, 0.29) is 12.5 Å². The Bertz CT molecular complexity index is 1010. The number of β-amino-alcohol motifs (C(OH)–C–C–N with tert-alkyl or cyclic N) is 1. The predicted octanol–water partition coefficient (Wildman–Crippen LogP) is 5.03. The summed E-state index contributed by atoms with van der Waals surface area (Å²) >= 11 is 14.4. The van der Waals surface area contributed by atoms with Crippen molar-refractivity contribution in [3.05, 3.63) is 75.6 Å². The van der Waals surface area contributed by atoms with Crippen LogP contribution in [0.5, 0.6) is 0 Å². The quantitative estimate of drug-likeness (QED) is 0.524. The van der Waals surface area contributed by atoms with Crippen molar-refractivity contribution in [1.29, 1.82) is 0 Å². The lowest BCUT2D eigenvalue weighted by atomic mass is 10.3. The Labute approximate surface area is 181 Å². The van der Waals surface area contributed by atoms with Gasteiger partial charge in [-0.1, -0.05) is 65.5 Å². The van der Waals surface area contributed by atoms with E-state index < -0.39 is 0 Å². The van der Waals surface area contributed by atoms with E-state index in [0.29, 0.717) is 20.8 Å². The number of nitrogens with zero attached hydrogens (tertiary/aromatic N) is 2. The molecule has 0 bridgehead atoms. The summed E-state index contributed by atoms with van der Waals surface area (Å²) in [5.74, 6) is -0.129. The normalized spacial score (nSPS) is 19.2. The minimum atomic E-state index is -0.129. The third-order valence-electron chi connectivity index (χ3n) is 4.20. The molecular formula is C20H15ClN2O2S3. The molecule has 2 heterocycles. The first-order valence-corrected chi connectivity index (χ1v) is 10.9. The van der Waals surface area contributed by atoms with Crippen LogP contribution in [0.3, 0.4) is 0 Å². The van der Waals surface area contributed by atoms with Crippen LogP contribution < -0.4 is 9.80 Å². The number of anilines is 2. The zero-order chi connectivity index (χ0) is 19.7. The van der Waals surface area contributed by atoms with Gasteiger partial charge >= 0.3 is 0 Å². The molecule has 1 amide bonds. The van der Waals surface area contributed by atoms with Gasteiger partial charge in [-0.15, -0.1) is 0 Å². The number of thioether (sulfide) groups is 2. The van der Waals surface area contributed by atoms with Gasteiger partial charge < -0.3 is 10.0 Å². The van der Waals surface area contributed by atoms with E-state index in [1.807, 2.05) is 59.5 Å². The SMILES string of the molecule is O=C1C(=CC=C2Sc3ccc(Cl)cc3N2CCO)SC(=S)N1c1ccccc1. The molecule has 0 radical (unpaired) electrons. The lowest BCUT2D eigenvalue weighted by Crippen LogP contribution is -2.27. The number of aliphatic hydroxyl groups is 1. The molecular weight excluding hydrogens is 432 g/mol. The zero-order valence-electron chi connectivity index (χ0n) is 14.5. The minimum Gasteiger partial charge on any atom is -0.395 e. The van der Waals surface area contributed by atoms with E-state index in [1.54, 1.807) is 22.7 Å². The van der Waals surface area contributed by atoms with E-state index in [0.717, 1.165) is 21.3 Å². The summed E-state index contributed by atoms with van der Waals surface area (Å²) in [7, 11) is 0. The molecule has 1 saturated heterocycles. The van der Waals surface area contributed by atoms with Crippen molar-refractivity contribution >= 4 is 68.9 Å². The van der Waals surface area contributed by atoms with E-state index in [4.69, 9.17) is 23.8 Å². The second-order valence-corrected chi connectivity index (χ2v) is 9.14. The number of rotatable bonds is 4. The Morgan fingerprint density at radius 1 is 1.11 bits per heavy atom. The van der Waals surface area contributed by atoms with Crippen molar-refractivity contribution in [3.63, 3.8) is 0 Å². The molecule has 2 aliphatic rings. The van der Waals surface area contributed by atoms with Crippen molar-refractivity contribution in [2.24, 2.45) is 0 Å². The highest BCUT2D eigenvalue weighted by Gasteiger charge is 2.33. The van der Waals surface area contributed by atoms with Gasteiger partial charge in [0.05, 0.1) is 27.9 Å². The highest BCUT2D eigenvalue weighted by Crippen LogP contribution is 2.47. The molecule has 1 fully saturated rings. The molecule has 8 heteroatoms. The maximum Gasteiger partial charge on any atom is 0.270 e. The Balaban J connectivity index is 1.62. The number of fused-ring (bicyclic) bond motifs is 1. The number of carbonyl (C=O) groups is 1. The molecule has 0 spiro atoms. The van der Waals surface area contributed by atoms with Crippen molar-refractivity contribution in [2.75, 3.05) is 23.0 Å². The van der Waals surface area contributed by atoms with Crippen molar-refractivity contribution < 1.29 is 9.90 Å². The third kappa shape index (κ3) is 3.73. The molecule has 2 aromatic rings. The molecule has 4 rings (SSSR count). The lowest BCUT2D eigenvalue weighted by molar-refractivity contribution is -0.113. The highest BCUT2D eigenvalue weighted by molar-refractivity contribution is 8.27. The predicted molar refractivity (Wildman–Crippen MR) is 122 cm³/mol. The van der Waals surface area contributed by atoms with Gasteiger partial charge in [0, 0.05) is 16.5 Å². The number of thiocarbonyl (C=S) groups is 1. The highest BCUT2D eigenvalue weighted by atomic mass is 35.5. The van der Waals surface area contributed by atoms with Gasteiger partial charge in [0.15, 0.2) is 4.32 Å². The number of benzene rings is 2. The summed E-state index contributed by atoms with van der Waals surface area (Å²) in [6.45, 7) is 0.463. The minimum absolute atomic E-state index is 0.0139. The van der Waals surface area contributed by atoms with Crippen LogP contribution in [0.1, 0.15) is 0 Å². The molecule has 28 heavy (non-hydrogen) atoms. The fraction of sp³-hybridized carbons (Fsp3) is 0.100. The van der Waals surface area contributed by atoms with Crippen LogP contribution >= 0.6 is 47.3 Å². The van der Waals surface area contributed by atoms with Crippen LogP contribution in [0.15, 0.2) is 75.5 Å². The van der Waals surface area contributed by atoms with Crippen molar-refractivity contribution in [1.82, 2.24) is 0 Å². The molecule has 0 atom stereocenters. The summed E-state index contributed by atoms with van der Waals surface area (Å²) in [6, 6.07) is 15.1. The maximum atomic E-state index is 12.8. The summed E-state index contributed by atoms with van der Waals surface area (Å²) < 4.78 is 0.516. The molecule has 1 N–H and O–H groups in total. The van der Waals surface area contributed by atoms with Gasteiger partial charge in [0.1, 0.15) is 0 Å². The lowest BCUT2D eigenvalue weighted by Gasteiger charge is -2.19. The molecule has 0 aromatic heterocycles. The topological polar surface area (TPSA) is 43.8 Å². The second kappa shape index (κ2) is 8.31. The molecule has 0 aliphatic carbocycles. The maximum absolute atomic E-state index is 12.8. The molecule has 2 aliphatic heterocycles. The molecule has 142 valence electrons. The molecule has 0 saturated carbocycles. The fourth-order valence-electron chi connectivity index (χ4n) is 2.96. The molecule has 4 nitrogen and oxygen atoms in total. The Morgan fingerprint density at radius 2 is 1.89 bits per heavy atom. The molecule has 0 unspecified atom stereocenters. The van der Waals surface area contributed by atoms with Crippen LogP contribution in [-0.2, 0) is 4.79 Å². The standard InChI is InChI=1S/C20H15ClN2O2S3/c21-13-6-7-16-15(12-13)22(10-11-24)18(27-16)9-8-17-19(25)23(20(26)28-17)14-4-2-1-3-5-14/h1-9,12,24H,10-11H2.